The smallest absolute Gasteiger partial charge is 0.0677 e. The first-order valence-corrected chi connectivity index (χ1v) is 6.02. The summed E-state index contributed by atoms with van der Waals surface area (Å²) in [6, 6.07) is 11.1. The summed E-state index contributed by atoms with van der Waals surface area (Å²) in [4.78, 5) is 0. The Hall–Kier alpha value is -1.49. The minimum atomic E-state index is 0.175. The molecule has 1 aliphatic rings. The van der Waals surface area contributed by atoms with Gasteiger partial charge in [-0.2, -0.15) is 5.26 Å². The Morgan fingerprint density at radius 2 is 2.12 bits per heavy atom. The first kappa shape index (κ1) is 11.0. The number of hydrogen-bond acceptors (Lipinski definition) is 2. The molecule has 0 aromatic heterocycles. The van der Waals surface area contributed by atoms with Gasteiger partial charge in [0.25, 0.3) is 0 Å². The van der Waals surface area contributed by atoms with Gasteiger partial charge in [-0.3, -0.25) is 0 Å². The lowest BCUT2D eigenvalue weighted by Gasteiger charge is -2.28. The molecule has 84 valence electrons. The molecule has 2 nitrogen and oxygen atoms in total. The first-order chi connectivity index (χ1) is 7.79. The Bertz CT molecular complexity index is 392. The molecular formula is C14H18N2. The van der Waals surface area contributed by atoms with E-state index < -0.39 is 0 Å². The molecule has 1 aromatic carbocycles. The van der Waals surface area contributed by atoms with Gasteiger partial charge in [0, 0.05) is 11.7 Å². The van der Waals surface area contributed by atoms with Crippen LogP contribution in [0.4, 0.5) is 5.69 Å². The van der Waals surface area contributed by atoms with Crippen molar-refractivity contribution in [2.75, 3.05) is 5.32 Å². The second kappa shape index (κ2) is 5.03. The van der Waals surface area contributed by atoms with Gasteiger partial charge >= 0.3 is 0 Å². The fourth-order valence-corrected chi connectivity index (χ4v) is 2.41. The maximum atomic E-state index is 9.10. The second-order valence-corrected chi connectivity index (χ2v) is 4.64. The maximum Gasteiger partial charge on any atom is 0.0677 e. The van der Waals surface area contributed by atoms with E-state index in [1.165, 1.54) is 18.4 Å². The van der Waals surface area contributed by atoms with Gasteiger partial charge in [-0.05, 0) is 37.5 Å². The Kier molecular flexibility index (Phi) is 3.46. The van der Waals surface area contributed by atoms with Crippen LogP contribution in [0.5, 0.6) is 0 Å². The average molecular weight is 214 g/mol. The van der Waals surface area contributed by atoms with Gasteiger partial charge in [-0.15, -0.1) is 0 Å². The Labute approximate surface area is 97.3 Å². The number of nitriles is 1. The summed E-state index contributed by atoms with van der Waals surface area (Å²) in [5.74, 6) is 0.175. The summed E-state index contributed by atoms with van der Waals surface area (Å²) < 4.78 is 0. The molecule has 1 aliphatic carbocycles. The van der Waals surface area contributed by atoms with Gasteiger partial charge in [0.1, 0.15) is 0 Å². The molecule has 0 amide bonds. The standard InChI is InChI=1S/C14H18N2/c1-11-5-4-7-13(9-11)16-14-8-3-2-6-12(14)10-15/h4-5,7,9,12,14,16H,2-3,6,8H2,1H3. The molecule has 2 heteroatoms. The van der Waals surface area contributed by atoms with Crippen molar-refractivity contribution in [2.45, 2.75) is 38.6 Å². The summed E-state index contributed by atoms with van der Waals surface area (Å²) in [6.45, 7) is 2.09. The van der Waals surface area contributed by atoms with E-state index in [0.717, 1.165) is 18.5 Å². The van der Waals surface area contributed by atoms with Gasteiger partial charge in [0.05, 0.1) is 12.0 Å². The number of rotatable bonds is 2. The van der Waals surface area contributed by atoms with Crippen LogP contribution in [0, 0.1) is 24.2 Å². The van der Waals surface area contributed by atoms with Crippen LogP contribution in [0.3, 0.4) is 0 Å². The molecule has 0 heterocycles. The zero-order valence-electron chi connectivity index (χ0n) is 9.74. The summed E-state index contributed by atoms with van der Waals surface area (Å²) in [5, 5.41) is 12.6. The monoisotopic (exact) mass is 214 g/mol. The van der Waals surface area contributed by atoms with Crippen LogP contribution in [-0.2, 0) is 0 Å². The number of nitrogens with zero attached hydrogens (tertiary/aromatic N) is 1. The number of hydrogen-bond donors (Lipinski definition) is 1. The molecule has 1 N–H and O–H groups in total. The Morgan fingerprint density at radius 3 is 2.88 bits per heavy atom. The number of aryl methyl sites for hydroxylation is 1. The lowest BCUT2D eigenvalue weighted by atomic mass is 9.85. The molecule has 0 radical (unpaired) electrons. The van der Waals surface area contributed by atoms with E-state index in [9.17, 15) is 0 Å². The van der Waals surface area contributed by atoms with Crippen molar-refractivity contribution >= 4 is 5.69 Å². The molecule has 0 spiro atoms. The molecule has 1 fully saturated rings. The highest BCUT2D eigenvalue weighted by Gasteiger charge is 2.24. The molecule has 1 aromatic rings. The predicted octanol–water partition coefficient (Wildman–Crippen LogP) is 3.49. The van der Waals surface area contributed by atoms with Gasteiger partial charge in [-0.1, -0.05) is 25.0 Å². The van der Waals surface area contributed by atoms with Crippen LogP contribution < -0.4 is 5.32 Å². The quantitative estimate of drug-likeness (QED) is 0.818. The van der Waals surface area contributed by atoms with E-state index in [4.69, 9.17) is 5.26 Å². The van der Waals surface area contributed by atoms with Crippen LogP contribution in [0.15, 0.2) is 24.3 Å². The van der Waals surface area contributed by atoms with Gasteiger partial charge in [0.15, 0.2) is 0 Å². The van der Waals surface area contributed by atoms with Crippen LogP contribution >= 0.6 is 0 Å². The van der Waals surface area contributed by atoms with Crippen molar-refractivity contribution in [3.63, 3.8) is 0 Å². The molecule has 2 atom stereocenters. The highest BCUT2D eigenvalue weighted by molar-refractivity contribution is 5.46. The maximum absolute atomic E-state index is 9.10. The predicted molar refractivity (Wildman–Crippen MR) is 66.2 cm³/mol. The van der Waals surface area contributed by atoms with Crippen molar-refractivity contribution in [3.05, 3.63) is 29.8 Å². The lowest BCUT2D eigenvalue weighted by Crippen LogP contribution is -2.31. The average Bonchev–Trinajstić information content (AvgIpc) is 2.30. The van der Waals surface area contributed by atoms with Crippen LogP contribution in [0.25, 0.3) is 0 Å². The van der Waals surface area contributed by atoms with E-state index in [-0.39, 0.29) is 5.92 Å². The topological polar surface area (TPSA) is 35.8 Å². The summed E-state index contributed by atoms with van der Waals surface area (Å²) in [6.07, 6.45) is 4.60. The zero-order valence-corrected chi connectivity index (χ0v) is 9.74. The van der Waals surface area contributed by atoms with E-state index >= 15 is 0 Å². The minimum absolute atomic E-state index is 0.175. The van der Waals surface area contributed by atoms with E-state index in [1.54, 1.807) is 0 Å². The Balaban J connectivity index is 2.05. The molecule has 2 rings (SSSR count). The van der Waals surface area contributed by atoms with Gasteiger partial charge < -0.3 is 5.32 Å². The SMILES string of the molecule is Cc1cccc(NC2CCCCC2C#N)c1. The molecular weight excluding hydrogens is 196 g/mol. The molecule has 1 saturated carbocycles. The second-order valence-electron chi connectivity index (χ2n) is 4.64. The molecule has 0 aliphatic heterocycles. The third-order valence-electron chi connectivity index (χ3n) is 3.30. The number of benzene rings is 1. The molecule has 16 heavy (non-hydrogen) atoms. The minimum Gasteiger partial charge on any atom is -0.381 e. The normalized spacial score (nSPS) is 24.8. The van der Waals surface area contributed by atoms with E-state index in [1.807, 2.05) is 0 Å². The van der Waals surface area contributed by atoms with E-state index in [0.29, 0.717) is 6.04 Å². The fourth-order valence-electron chi connectivity index (χ4n) is 2.41. The summed E-state index contributed by atoms with van der Waals surface area (Å²) in [7, 11) is 0. The van der Waals surface area contributed by atoms with Crippen molar-refractivity contribution in [2.24, 2.45) is 5.92 Å². The molecule has 2 unspecified atom stereocenters. The molecule has 0 bridgehead atoms. The van der Waals surface area contributed by atoms with Gasteiger partial charge in [-0.25, -0.2) is 0 Å². The first-order valence-electron chi connectivity index (χ1n) is 6.02. The van der Waals surface area contributed by atoms with Gasteiger partial charge in [0.2, 0.25) is 0 Å². The van der Waals surface area contributed by atoms with Crippen LogP contribution in [0.1, 0.15) is 31.2 Å². The van der Waals surface area contributed by atoms with Crippen LogP contribution in [-0.4, -0.2) is 6.04 Å². The lowest BCUT2D eigenvalue weighted by molar-refractivity contribution is 0.389. The fraction of sp³-hybridized carbons (Fsp3) is 0.500. The Morgan fingerprint density at radius 1 is 1.31 bits per heavy atom. The molecule has 0 saturated heterocycles. The van der Waals surface area contributed by atoms with Crippen molar-refractivity contribution in [1.82, 2.24) is 0 Å². The van der Waals surface area contributed by atoms with Crippen molar-refractivity contribution in [3.8, 4) is 6.07 Å². The largest absolute Gasteiger partial charge is 0.381 e. The number of anilines is 1. The summed E-state index contributed by atoms with van der Waals surface area (Å²) in [5.41, 5.74) is 2.40. The van der Waals surface area contributed by atoms with E-state index in [2.05, 4.69) is 42.6 Å². The number of nitrogens with one attached hydrogen (secondary N) is 1. The highest BCUT2D eigenvalue weighted by Crippen LogP contribution is 2.26. The van der Waals surface area contributed by atoms with Crippen LogP contribution in [0.2, 0.25) is 0 Å². The zero-order chi connectivity index (χ0) is 11.4. The summed E-state index contributed by atoms with van der Waals surface area (Å²) >= 11 is 0. The highest BCUT2D eigenvalue weighted by atomic mass is 14.9. The third kappa shape index (κ3) is 2.55. The third-order valence-corrected chi connectivity index (χ3v) is 3.30. The van der Waals surface area contributed by atoms with Crippen molar-refractivity contribution in [1.29, 1.82) is 5.26 Å². The van der Waals surface area contributed by atoms with Crippen molar-refractivity contribution < 1.29 is 0 Å².